The highest BCUT2D eigenvalue weighted by Gasteiger charge is 2.23. The summed E-state index contributed by atoms with van der Waals surface area (Å²) in [5.41, 5.74) is 8.06. The first kappa shape index (κ1) is 13.7. The number of halogens is 1. The Morgan fingerprint density at radius 2 is 1.44 bits per heavy atom. The number of fused-ring (bicyclic) bond motifs is 8. The molecule has 0 amide bonds. The van der Waals surface area contributed by atoms with Gasteiger partial charge in [-0.2, -0.15) is 0 Å². The fourth-order valence-electron chi connectivity index (χ4n) is 4.37. The van der Waals surface area contributed by atoms with E-state index in [4.69, 9.17) is 0 Å². The quantitative estimate of drug-likeness (QED) is 0.296. The molecule has 0 aliphatic heterocycles. The number of hydrogen-bond donors (Lipinski definition) is 1. The van der Waals surface area contributed by atoms with E-state index in [2.05, 4.69) is 87.6 Å². The second kappa shape index (κ2) is 4.74. The van der Waals surface area contributed by atoms with Gasteiger partial charge in [-0.05, 0) is 63.7 Å². The SMILES string of the molecule is Brc1cc2c(c3ccccc13)-c1cc3c(cc1C2)[nH]c1ccccc13. The molecule has 118 valence electrons. The van der Waals surface area contributed by atoms with E-state index < -0.39 is 0 Å². The molecular weight excluding hydrogens is 370 g/mol. The number of rotatable bonds is 0. The van der Waals surface area contributed by atoms with Crippen molar-refractivity contribution in [3.63, 3.8) is 0 Å². The molecule has 1 aliphatic rings. The van der Waals surface area contributed by atoms with Gasteiger partial charge in [0.15, 0.2) is 0 Å². The number of benzene rings is 4. The second-order valence-corrected chi connectivity index (χ2v) is 7.69. The average molecular weight is 384 g/mol. The predicted octanol–water partition coefficient (Wildman–Crippen LogP) is 6.81. The molecule has 0 spiro atoms. The van der Waals surface area contributed by atoms with Crippen LogP contribution in [0, 0.1) is 0 Å². The number of aromatic amines is 1. The molecule has 0 atom stereocenters. The highest BCUT2D eigenvalue weighted by Crippen LogP contribution is 2.45. The molecule has 1 nitrogen and oxygen atoms in total. The molecule has 0 unspecified atom stereocenters. The Labute approximate surface area is 153 Å². The van der Waals surface area contributed by atoms with E-state index in [1.165, 1.54) is 59.3 Å². The van der Waals surface area contributed by atoms with E-state index in [0.717, 1.165) is 6.42 Å². The standard InChI is InChI=1S/C23H14BrN/c24-20-10-14-9-13-11-22-19(16-6-3-4-8-21(16)25-22)12-18(13)23(14)17-7-2-1-5-15(17)20/h1-8,10-12,25H,9H2. The van der Waals surface area contributed by atoms with Crippen LogP contribution in [0.5, 0.6) is 0 Å². The van der Waals surface area contributed by atoms with E-state index in [1.54, 1.807) is 0 Å². The summed E-state index contributed by atoms with van der Waals surface area (Å²) in [6, 6.07) is 24.3. The van der Waals surface area contributed by atoms with Crippen LogP contribution in [0.1, 0.15) is 11.1 Å². The minimum atomic E-state index is 0.999. The van der Waals surface area contributed by atoms with Crippen molar-refractivity contribution in [3.05, 3.63) is 82.3 Å². The molecule has 0 saturated heterocycles. The molecule has 1 aliphatic carbocycles. The summed E-state index contributed by atoms with van der Waals surface area (Å²) in [5.74, 6) is 0. The van der Waals surface area contributed by atoms with Gasteiger partial charge in [-0.15, -0.1) is 0 Å². The Balaban J connectivity index is 1.76. The van der Waals surface area contributed by atoms with Crippen LogP contribution < -0.4 is 0 Å². The third kappa shape index (κ3) is 1.78. The van der Waals surface area contributed by atoms with Crippen LogP contribution in [0.25, 0.3) is 43.7 Å². The van der Waals surface area contributed by atoms with Crippen LogP contribution >= 0.6 is 15.9 Å². The summed E-state index contributed by atoms with van der Waals surface area (Å²) >= 11 is 3.76. The van der Waals surface area contributed by atoms with Crippen LogP contribution in [0.4, 0.5) is 0 Å². The molecule has 5 aromatic rings. The highest BCUT2D eigenvalue weighted by atomic mass is 79.9. The van der Waals surface area contributed by atoms with E-state index in [1.807, 2.05) is 0 Å². The Bertz CT molecular complexity index is 1330. The highest BCUT2D eigenvalue weighted by molar-refractivity contribution is 9.10. The van der Waals surface area contributed by atoms with E-state index in [0.29, 0.717) is 0 Å². The van der Waals surface area contributed by atoms with Crippen molar-refractivity contribution in [1.82, 2.24) is 4.98 Å². The molecule has 1 N–H and O–H groups in total. The number of nitrogens with one attached hydrogen (secondary N) is 1. The third-order valence-corrected chi connectivity index (χ3v) is 6.11. The minimum absolute atomic E-state index is 0.999. The van der Waals surface area contributed by atoms with E-state index >= 15 is 0 Å². The second-order valence-electron chi connectivity index (χ2n) is 6.84. The summed E-state index contributed by atoms with van der Waals surface area (Å²) in [5, 5.41) is 5.24. The van der Waals surface area contributed by atoms with Gasteiger partial charge in [0, 0.05) is 26.3 Å². The Morgan fingerprint density at radius 3 is 2.32 bits per heavy atom. The fraction of sp³-hybridized carbons (Fsp3) is 0.0435. The molecular formula is C23H14BrN. The summed E-state index contributed by atoms with van der Waals surface area (Å²) in [7, 11) is 0. The topological polar surface area (TPSA) is 15.8 Å². The zero-order valence-electron chi connectivity index (χ0n) is 13.4. The molecule has 0 radical (unpaired) electrons. The van der Waals surface area contributed by atoms with Gasteiger partial charge in [-0.1, -0.05) is 58.4 Å². The lowest BCUT2D eigenvalue weighted by atomic mass is 9.97. The maximum Gasteiger partial charge on any atom is 0.0468 e. The largest absolute Gasteiger partial charge is 0.355 e. The van der Waals surface area contributed by atoms with Crippen LogP contribution in [-0.2, 0) is 6.42 Å². The Hall–Kier alpha value is -2.58. The summed E-state index contributed by atoms with van der Waals surface area (Å²) in [6.45, 7) is 0. The lowest BCUT2D eigenvalue weighted by molar-refractivity contribution is 1.27. The zero-order valence-corrected chi connectivity index (χ0v) is 15.0. The maximum absolute atomic E-state index is 3.76. The van der Waals surface area contributed by atoms with Crippen molar-refractivity contribution in [1.29, 1.82) is 0 Å². The smallest absolute Gasteiger partial charge is 0.0468 e. The van der Waals surface area contributed by atoms with Crippen molar-refractivity contribution in [2.75, 3.05) is 0 Å². The zero-order chi connectivity index (χ0) is 16.5. The Morgan fingerprint density at radius 1 is 0.680 bits per heavy atom. The van der Waals surface area contributed by atoms with Crippen LogP contribution in [0.15, 0.2) is 71.2 Å². The predicted molar refractivity (Wildman–Crippen MR) is 109 cm³/mol. The van der Waals surface area contributed by atoms with Crippen molar-refractivity contribution in [2.45, 2.75) is 6.42 Å². The van der Waals surface area contributed by atoms with Gasteiger partial charge in [0.25, 0.3) is 0 Å². The molecule has 1 heterocycles. The van der Waals surface area contributed by atoms with Crippen molar-refractivity contribution in [2.24, 2.45) is 0 Å². The van der Waals surface area contributed by atoms with Crippen LogP contribution in [-0.4, -0.2) is 4.98 Å². The van der Waals surface area contributed by atoms with Gasteiger partial charge in [-0.25, -0.2) is 0 Å². The van der Waals surface area contributed by atoms with Gasteiger partial charge in [0.1, 0.15) is 0 Å². The van der Waals surface area contributed by atoms with E-state index in [-0.39, 0.29) is 0 Å². The molecule has 25 heavy (non-hydrogen) atoms. The normalized spacial score (nSPS) is 12.8. The van der Waals surface area contributed by atoms with Crippen molar-refractivity contribution < 1.29 is 0 Å². The maximum atomic E-state index is 3.76. The molecule has 2 heteroatoms. The van der Waals surface area contributed by atoms with Gasteiger partial charge in [-0.3, -0.25) is 0 Å². The lowest BCUT2D eigenvalue weighted by Crippen LogP contribution is -1.84. The first-order valence-corrected chi connectivity index (χ1v) is 9.33. The fourth-order valence-corrected chi connectivity index (χ4v) is 4.99. The van der Waals surface area contributed by atoms with Crippen LogP contribution in [0.2, 0.25) is 0 Å². The number of aromatic nitrogens is 1. The first-order chi connectivity index (χ1) is 12.3. The average Bonchev–Trinajstić information content (AvgIpc) is 3.17. The third-order valence-electron chi connectivity index (χ3n) is 5.46. The lowest BCUT2D eigenvalue weighted by Gasteiger charge is -2.09. The molecule has 0 bridgehead atoms. The van der Waals surface area contributed by atoms with Gasteiger partial charge < -0.3 is 4.98 Å². The monoisotopic (exact) mass is 383 g/mol. The van der Waals surface area contributed by atoms with E-state index in [9.17, 15) is 0 Å². The summed E-state index contributed by atoms with van der Waals surface area (Å²) in [4.78, 5) is 3.57. The van der Waals surface area contributed by atoms with Crippen molar-refractivity contribution >= 4 is 48.5 Å². The molecule has 1 aromatic heterocycles. The van der Waals surface area contributed by atoms with Crippen LogP contribution in [0.3, 0.4) is 0 Å². The minimum Gasteiger partial charge on any atom is -0.355 e. The number of para-hydroxylation sites is 1. The molecule has 0 fully saturated rings. The first-order valence-electron chi connectivity index (χ1n) is 8.53. The summed E-state index contributed by atoms with van der Waals surface area (Å²) < 4.78 is 1.19. The van der Waals surface area contributed by atoms with Gasteiger partial charge in [0.2, 0.25) is 0 Å². The molecule has 0 saturated carbocycles. The Kier molecular flexibility index (Phi) is 2.59. The van der Waals surface area contributed by atoms with Crippen molar-refractivity contribution in [3.8, 4) is 11.1 Å². The summed E-state index contributed by atoms with van der Waals surface area (Å²) in [6.07, 6.45) is 0.999. The molecule has 6 rings (SSSR count). The number of hydrogen-bond acceptors (Lipinski definition) is 0. The van der Waals surface area contributed by atoms with Gasteiger partial charge in [0.05, 0.1) is 0 Å². The molecule has 4 aromatic carbocycles. The number of H-pyrrole nitrogens is 1. The van der Waals surface area contributed by atoms with Gasteiger partial charge >= 0.3 is 0 Å².